The number of rotatable bonds is 3. The Hall–Kier alpha value is -1.51. The van der Waals surface area contributed by atoms with Crippen LogP contribution in [-0.2, 0) is 4.79 Å². The monoisotopic (exact) mass is 259 g/mol. The molecule has 3 heteroatoms. The first-order valence-corrected chi connectivity index (χ1v) is 7.05. The van der Waals surface area contributed by atoms with Gasteiger partial charge in [-0.3, -0.25) is 4.79 Å². The van der Waals surface area contributed by atoms with Crippen molar-refractivity contribution in [2.24, 2.45) is 17.8 Å². The fourth-order valence-corrected chi connectivity index (χ4v) is 3.44. The summed E-state index contributed by atoms with van der Waals surface area (Å²) < 4.78 is 5.40. The van der Waals surface area contributed by atoms with Crippen LogP contribution in [0.3, 0.4) is 0 Å². The van der Waals surface area contributed by atoms with Gasteiger partial charge in [0.25, 0.3) is 0 Å². The lowest BCUT2D eigenvalue weighted by Crippen LogP contribution is -2.22. The minimum absolute atomic E-state index is 0.182. The standard InChI is InChI=1S/C16H21NO2/c1-9-4-5-14(10(2)15(9)19-3)17-16(18)13-7-11-6-12(11)8-13/h4-5,11-13H,6-8H2,1-3H3,(H,17,18). The molecule has 2 saturated carbocycles. The van der Waals surface area contributed by atoms with Gasteiger partial charge in [0, 0.05) is 17.2 Å². The number of ether oxygens (including phenoxy) is 1. The van der Waals surface area contributed by atoms with Gasteiger partial charge < -0.3 is 10.1 Å². The van der Waals surface area contributed by atoms with Crippen molar-refractivity contribution >= 4 is 11.6 Å². The van der Waals surface area contributed by atoms with Gasteiger partial charge in [0.2, 0.25) is 5.91 Å². The van der Waals surface area contributed by atoms with Crippen LogP contribution in [0.15, 0.2) is 12.1 Å². The zero-order valence-corrected chi connectivity index (χ0v) is 11.8. The molecule has 2 unspecified atom stereocenters. The molecule has 0 saturated heterocycles. The summed E-state index contributed by atoms with van der Waals surface area (Å²) >= 11 is 0. The molecule has 3 rings (SSSR count). The fraction of sp³-hybridized carbons (Fsp3) is 0.562. The molecule has 102 valence electrons. The number of aryl methyl sites for hydroxylation is 1. The predicted molar refractivity (Wildman–Crippen MR) is 75.4 cm³/mol. The molecule has 3 nitrogen and oxygen atoms in total. The first-order chi connectivity index (χ1) is 9.10. The number of hydrogen-bond acceptors (Lipinski definition) is 2. The van der Waals surface area contributed by atoms with Crippen LogP contribution in [0.5, 0.6) is 5.75 Å². The predicted octanol–water partition coefficient (Wildman–Crippen LogP) is 3.30. The van der Waals surface area contributed by atoms with Crippen LogP contribution in [0.4, 0.5) is 5.69 Å². The Morgan fingerprint density at radius 3 is 2.53 bits per heavy atom. The maximum absolute atomic E-state index is 12.3. The Labute approximate surface area is 114 Å². The third-order valence-electron chi connectivity index (χ3n) is 4.68. The van der Waals surface area contributed by atoms with E-state index in [1.807, 2.05) is 26.0 Å². The van der Waals surface area contributed by atoms with Gasteiger partial charge in [-0.2, -0.15) is 0 Å². The lowest BCUT2D eigenvalue weighted by Gasteiger charge is -2.16. The number of methoxy groups -OCH3 is 1. The summed E-state index contributed by atoms with van der Waals surface area (Å²) in [7, 11) is 1.67. The Bertz CT molecular complexity index is 514. The van der Waals surface area contributed by atoms with Crippen molar-refractivity contribution < 1.29 is 9.53 Å². The average Bonchev–Trinajstić information content (AvgIpc) is 3.00. The zero-order valence-electron chi connectivity index (χ0n) is 11.8. The SMILES string of the molecule is COc1c(C)ccc(NC(=O)C2CC3CC3C2)c1C. The largest absolute Gasteiger partial charge is 0.496 e. The average molecular weight is 259 g/mol. The van der Waals surface area contributed by atoms with E-state index in [-0.39, 0.29) is 11.8 Å². The number of nitrogens with one attached hydrogen (secondary N) is 1. The van der Waals surface area contributed by atoms with E-state index in [1.54, 1.807) is 7.11 Å². The molecular weight excluding hydrogens is 238 g/mol. The summed E-state index contributed by atoms with van der Waals surface area (Å²) in [6.45, 7) is 4.01. The second-order valence-electron chi connectivity index (χ2n) is 6.00. The maximum Gasteiger partial charge on any atom is 0.227 e. The molecule has 0 heterocycles. The number of benzene rings is 1. The van der Waals surface area contributed by atoms with Crippen LogP contribution in [0, 0.1) is 31.6 Å². The smallest absolute Gasteiger partial charge is 0.227 e. The Balaban J connectivity index is 1.74. The number of carbonyl (C=O) groups is 1. The molecule has 2 aliphatic rings. The van der Waals surface area contributed by atoms with E-state index in [9.17, 15) is 4.79 Å². The molecule has 2 aliphatic carbocycles. The number of anilines is 1. The second-order valence-corrected chi connectivity index (χ2v) is 6.00. The van der Waals surface area contributed by atoms with Gasteiger partial charge in [-0.25, -0.2) is 0 Å². The van der Waals surface area contributed by atoms with Crippen LogP contribution in [0.25, 0.3) is 0 Å². The van der Waals surface area contributed by atoms with Gasteiger partial charge in [0.05, 0.1) is 7.11 Å². The molecule has 0 aromatic heterocycles. The third-order valence-corrected chi connectivity index (χ3v) is 4.68. The highest BCUT2D eigenvalue weighted by atomic mass is 16.5. The molecular formula is C16H21NO2. The highest BCUT2D eigenvalue weighted by Gasteiger charge is 2.48. The molecule has 1 aromatic carbocycles. The molecule has 1 N–H and O–H groups in total. The van der Waals surface area contributed by atoms with E-state index in [4.69, 9.17) is 4.74 Å². The quantitative estimate of drug-likeness (QED) is 0.904. The van der Waals surface area contributed by atoms with E-state index in [0.717, 1.165) is 47.2 Å². The minimum atomic E-state index is 0.182. The van der Waals surface area contributed by atoms with E-state index in [0.29, 0.717) is 0 Å². The Kier molecular flexibility index (Phi) is 3.00. The van der Waals surface area contributed by atoms with Crippen molar-refractivity contribution in [2.75, 3.05) is 12.4 Å². The number of amides is 1. The van der Waals surface area contributed by atoms with Crippen LogP contribution in [-0.4, -0.2) is 13.0 Å². The lowest BCUT2D eigenvalue weighted by atomic mass is 10.0. The molecule has 0 spiro atoms. The topological polar surface area (TPSA) is 38.3 Å². The fourth-order valence-electron chi connectivity index (χ4n) is 3.44. The minimum Gasteiger partial charge on any atom is -0.496 e. The van der Waals surface area contributed by atoms with Crippen LogP contribution in [0.2, 0.25) is 0 Å². The number of hydrogen-bond donors (Lipinski definition) is 1. The molecule has 1 aromatic rings. The normalized spacial score (nSPS) is 27.8. The van der Waals surface area contributed by atoms with E-state index in [2.05, 4.69) is 5.32 Å². The summed E-state index contributed by atoms with van der Waals surface area (Å²) in [5.74, 6) is 2.94. The van der Waals surface area contributed by atoms with Gasteiger partial charge in [0.15, 0.2) is 0 Å². The van der Waals surface area contributed by atoms with Crippen molar-refractivity contribution in [3.63, 3.8) is 0 Å². The zero-order chi connectivity index (χ0) is 13.6. The van der Waals surface area contributed by atoms with E-state index >= 15 is 0 Å². The maximum atomic E-state index is 12.3. The molecule has 0 bridgehead atoms. The summed E-state index contributed by atoms with van der Waals surface area (Å²) in [5.41, 5.74) is 2.99. The molecule has 2 fully saturated rings. The summed E-state index contributed by atoms with van der Waals surface area (Å²) in [6.07, 6.45) is 3.51. The molecule has 0 radical (unpaired) electrons. The summed E-state index contributed by atoms with van der Waals surface area (Å²) in [5, 5.41) is 3.08. The van der Waals surface area contributed by atoms with Crippen LogP contribution >= 0.6 is 0 Å². The van der Waals surface area contributed by atoms with Gasteiger partial charge >= 0.3 is 0 Å². The summed E-state index contributed by atoms with van der Waals surface area (Å²) in [6, 6.07) is 3.97. The first-order valence-electron chi connectivity index (χ1n) is 7.05. The third kappa shape index (κ3) is 2.22. The van der Waals surface area contributed by atoms with Crippen molar-refractivity contribution in [3.8, 4) is 5.75 Å². The molecule has 2 atom stereocenters. The van der Waals surface area contributed by atoms with Crippen molar-refractivity contribution in [2.45, 2.75) is 33.1 Å². The van der Waals surface area contributed by atoms with Crippen molar-refractivity contribution in [1.82, 2.24) is 0 Å². The van der Waals surface area contributed by atoms with E-state index < -0.39 is 0 Å². The van der Waals surface area contributed by atoms with Gasteiger partial charge in [-0.1, -0.05) is 6.07 Å². The van der Waals surface area contributed by atoms with Crippen LogP contribution < -0.4 is 10.1 Å². The highest BCUT2D eigenvalue weighted by molar-refractivity contribution is 5.94. The summed E-state index contributed by atoms with van der Waals surface area (Å²) in [4.78, 5) is 12.3. The molecule has 1 amide bonds. The second kappa shape index (κ2) is 4.55. The first kappa shape index (κ1) is 12.5. The Morgan fingerprint density at radius 1 is 1.21 bits per heavy atom. The lowest BCUT2D eigenvalue weighted by molar-refractivity contribution is -0.120. The highest BCUT2D eigenvalue weighted by Crippen LogP contribution is 2.54. The van der Waals surface area contributed by atoms with Gasteiger partial charge in [0.1, 0.15) is 5.75 Å². The molecule has 19 heavy (non-hydrogen) atoms. The van der Waals surface area contributed by atoms with Crippen molar-refractivity contribution in [3.05, 3.63) is 23.3 Å². The van der Waals surface area contributed by atoms with E-state index in [1.165, 1.54) is 6.42 Å². The van der Waals surface area contributed by atoms with Crippen LogP contribution in [0.1, 0.15) is 30.4 Å². The van der Waals surface area contributed by atoms with Gasteiger partial charge in [-0.15, -0.1) is 0 Å². The van der Waals surface area contributed by atoms with Gasteiger partial charge in [-0.05, 0) is 56.6 Å². The van der Waals surface area contributed by atoms with Crippen molar-refractivity contribution in [1.29, 1.82) is 0 Å². The number of carbonyl (C=O) groups excluding carboxylic acids is 1. The molecule has 0 aliphatic heterocycles. The number of fused-ring (bicyclic) bond motifs is 1. The Morgan fingerprint density at radius 2 is 1.89 bits per heavy atom.